The fourth-order valence-electron chi connectivity index (χ4n) is 2.64. The van der Waals surface area contributed by atoms with Crippen LogP contribution in [0.25, 0.3) is 0 Å². The lowest BCUT2D eigenvalue weighted by atomic mass is 9.84. The molecule has 0 spiro atoms. The lowest BCUT2D eigenvalue weighted by Gasteiger charge is -2.38. The molecule has 3 rings (SSSR count). The Morgan fingerprint density at radius 2 is 1.70 bits per heavy atom. The van der Waals surface area contributed by atoms with E-state index in [0.29, 0.717) is 36.9 Å². The number of hydrogen-bond acceptors (Lipinski definition) is 4. The van der Waals surface area contributed by atoms with Crippen molar-refractivity contribution < 1.29 is 5.11 Å². The van der Waals surface area contributed by atoms with Crippen molar-refractivity contribution in [3.05, 3.63) is 53.3 Å². The molecule has 0 amide bonds. The molecule has 1 fully saturated rings. The van der Waals surface area contributed by atoms with Crippen molar-refractivity contribution in [2.75, 3.05) is 18.0 Å². The van der Waals surface area contributed by atoms with Crippen LogP contribution in [0.4, 0.5) is 5.95 Å². The Kier molecular flexibility index (Phi) is 3.59. The Morgan fingerprint density at radius 3 is 2.35 bits per heavy atom. The molecule has 4 nitrogen and oxygen atoms in total. The number of nitrogens with zero attached hydrogens (tertiary/aromatic N) is 3. The summed E-state index contributed by atoms with van der Waals surface area (Å²) in [6.07, 6.45) is 4.71. The van der Waals surface area contributed by atoms with Crippen molar-refractivity contribution in [2.24, 2.45) is 0 Å². The van der Waals surface area contributed by atoms with Gasteiger partial charge < -0.3 is 10.0 Å². The minimum Gasteiger partial charge on any atom is -0.385 e. The van der Waals surface area contributed by atoms with Gasteiger partial charge in [-0.15, -0.1) is 0 Å². The zero-order valence-electron chi connectivity index (χ0n) is 11.0. The van der Waals surface area contributed by atoms with Crippen molar-refractivity contribution in [1.82, 2.24) is 9.97 Å². The molecule has 0 aliphatic carbocycles. The minimum absolute atomic E-state index is 0.620. The van der Waals surface area contributed by atoms with Gasteiger partial charge in [-0.2, -0.15) is 0 Å². The molecule has 5 heteroatoms. The van der Waals surface area contributed by atoms with Crippen LogP contribution in [0.2, 0.25) is 5.02 Å². The maximum atomic E-state index is 10.8. The highest BCUT2D eigenvalue weighted by Crippen LogP contribution is 2.37. The average Bonchev–Trinajstić information content (AvgIpc) is 2.49. The van der Waals surface area contributed by atoms with Gasteiger partial charge in [0, 0.05) is 36.1 Å². The normalized spacial score (nSPS) is 18.0. The number of anilines is 1. The van der Waals surface area contributed by atoms with Crippen molar-refractivity contribution in [3.8, 4) is 0 Å². The molecule has 1 aromatic carbocycles. The summed E-state index contributed by atoms with van der Waals surface area (Å²) in [5.41, 5.74) is -0.0424. The quantitative estimate of drug-likeness (QED) is 0.923. The van der Waals surface area contributed by atoms with E-state index >= 15 is 0 Å². The standard InChI is InChI=1S/C15H16ClN3O/c16-13-5-2-1-4-12(13)15(20)6-10-19(11-7-15)14-17-8-3-9-18-14/h1-5,8-9,20H,6-7,10-11H2. The Bertz CT molecular complexity index is 583. The second-order valence-electron chi connectivity index (χ2n) is 5.05. The maximum Gasteiger partial charge on any atom is 0.225 e. The third kappa shape index (κ3) is 2.49. The zero-order valence-corrected chi connectivity index (χ0v) is 11.8. The van der Waals surface area contributed by atoms with E-state index < -0.39 is 5.60 Å². The fraction of sp³-hybridized carbons (Fsp3) is 0.333. The lowest BCUT2D eigenvalue weighted by molar-refractivity contribution is 0.0116. The lowest BCUT2D eigenvalue weighted by Crippen LogP contribution is -2.43. The topological polar surface area (TPSA) is 49.2 Å². The molecule has 1 N–H and O–H groups in total. The summed E-state index contributed by atoms with van der Waals surface area (Å²) >= 11 is 6.20. The first-order chi connectivity index (χ1) is 9.69. The predicted octanol–water partition coefficient (Wildman–Crippen LogP) is 2.62. The first kappa shape index (κ1) is 13.3. The Balaban J connectivity index is 1.77. The summed E-state index contributed by atoms with van der Waals surface area (Å²) < 4.78 is 0. The number of aliphatic hydroxyl groups is 1. The number of aromatic nitrogens is 2. The van der Waals surface area contributed by atoms with Gasteiger partial charge in [0.1, 0.15) is 0 Å². The van der Waals surface area contributed by atoms with Gasteiger partial charge in [0.15, 0.2) is 0 Å². The summed E-state index contributed by atoms with van der Waals surface area (Å²) in [6.45, 7) is 1.43. The molecule has 2 aromatic rings. The second-order valence-corrected chi connectivity index (χ2v) is 5.45. The number of rotatable bonds is 2. The Labute approximate surface area is 123 Å². The average molecular weight is 290 g/mol. The fourth-order valence-corrected chi connectivity index (χ4v) is 2.95. The highest BCUT2D eigenvalue weighted by molar-refractivity contribution is 6.31. The van der Waals surface area contributed by atoms with Crippen LogP contribution in [0.5, 0.6) is 0 Å². The van der Waals surface area contributed by atoms with Gasteiger partial charge in [-0.3, -0.25) is 0 Å². The second kappa shape index (κ2) is 5.38. The van der Waals surface area contributed by atoms with Crippen LogP contribution in [0.15, 0.2) is 42.7 Å². The Morgan fingerprint density at radius 1 is 1.05 bits per heavy atom. The summed E-state index contributed by atoms with van der Waals surface area (Å²) in [4.78, 5) is 10.6. The van der Waals surface area contributed by atoms with Crippen LogP contribution in [-0.4, -0.2) is 28.2 Å². The van der Waals surface area contributed by atoms with Gasteiger partial charge in [0.05, 0.1) is 5.60 Å². The largest absolute Gasteiger partial charge is 0.385 e. The summed E-state index contributed by atoms with van der Waals surface area (Å²) in [6, 6.07) is 9.31. The molecule has 0 unspecified atom stereocenters. The van der Waals surface area contributed by atoms with Crippen molar-refractivity contribution in [3.63, 3.8) is 0 Å². The van der Waals surface area contributed by atoms with Crippen LogP contribution < -0.4 is 4.90 Å². The number of piperidine rings is 1. The van der Waals surface area contributed by atoms with E-state index in [9.17, 15) is 5.11 Å². The monoisotopic (exact) mass is 289 g/mol. The van der Waals surface area contributed by atoms with E-state index in [0.717, 1.165) is 5.56 Å². The van der Waals surface area contributed by atoms with Gasteiger partial charge >= 0.3 is 0 Å². The summed E-state index contributed by atoms with van der Waals surface area (Å²) in [5.74, 6) is 0.716. The molecule has 2 heterocycles. The molecular formula is C15H16ClN3O. The molecule has 104 valence electrons. The Hall–Kier alpha value is -1.65. The molecule has 1 aliphatic heterocycles. The molecule has 0 saturated carbocycles. The summed E-state index contributed by atoms with van der Waals surface area (Å²) in [7, 11) is 0. The van der Waals surface area contributed by atoms with Crippen molar-refractivity contribution >= 4 is 17.5 Å². The van der Waals surface area contributed by atoms with Crippen LogP contribution in [-0.2, 0) is 5.60 Å². The van der Waals surface area contributed by atoms with Crippen molar-refractivity contribution in [2.45, 2.75) is 18.4 Å². The smallest absolute Gasteiger partial charge is 0.225 e. The molecule has 20 heavy (non-hydrogen) atoms. The molecule has 1 aromatic heterocycles. The van der Waals surface area contributed by atoms with Crippen LogP contribution in [0.3, 0.4) is 0 Å². The molecule has 0 bridgehead atoms. The summed E-state index contributed by atoms with van der Waals surface area (Å²) in [5, 5.41) is 11.5. The SMILES string of the molecule is OC1(c2ccccc2Cl)CCN(c2ncccn2)CC1. The van der Waals surface area contributed by atoms with E-state index in [2.05, 4.69) is 14.9 Å². The van der Waals surface area contributed by atoms with Crippen molar-refractivity contribution in [1.29, 1.82) is 0 Å². The van der Waals surface area contributed by atoms with Gasteiger partial charge in [0.2, 0.25) is 5.95 Å². The van der Waals surface area contributed by atoms with E-state index in [-0.39, 0.29) is 0 Å². The zero-order chi connectivity index (χ0) is 14.0. The molecule has 0 atom stereocenters. The number of halogens is 1. The van der Waals surface area contributed by atoms with Crippen LogP contribution in [0.1, 0.15) is 18.4 Å². The third-order valence-corrected chi connectivity index (χ3v) is 4.13. The van der Waals surface area contributed by atoms with Gasteiger partial charge in [0.25, 0.3) is 0 Å². The van der Waals surface area contributed by atoms with E-state index in [1.165, 1.54) is 0 Å². The molecule has 1 saturated heterocycles. The molecular weight excluding hydrogens is 274 g/mol. The third-order valence-electron chi connectivity index (χ3n) is 3.80. The van der Waals surface area contributed by atoms with Crippen LogP contribution in [0, 0.1) is 0 Å². The number of benzene rings is 1. The first-order valence-electron chi connectivity index (χ1n) is 6.68. The highest BCUT2D eigenvalue weighted by atomic mass is 35.5. The van der Waals surface area contributed by atoms with Gasteiger partial charge in [-0.25, -0.2) is 9.97 Å². The van der Waals surface area contributed by atoms with Gasteiger partial charge in [-0.05, 0) is 25.0 Å². The first-order valence-corrected chi connectivity index (χ1v) is 7.06. The molecule has 1 aliphatic rings. The van der Waals surface area contributed by atoms with E-state index in [1.807, 2.05) is 24.3 Å². The van der Waals surface area contributed by atoms with Gasteiger partial charge in [-0.1, -0.05) is 29.8 Å². The predicted molar refractivity (Wildman–Crippen MR) is 78.8 cm³/mol. The molecule has 0 radical (unpaired) electrons. The number of hydrogen-bond donors (Lipinski definition) is 1. The van der Waals surface area contributed by atoms with E-state index in [1.54, 1.807) is 18.5 Å². The highest BCUT2D eigenvalue weighted by Gasteiger charge is 2.35. The van der Waals surface area contributed by atoms with E-state index in [4.69, 9.17) is 11.6 Å². The van der Waals surface area contributed by atoms with Crippen LogP contribution >= 0.6 is 11.6 Å². The maximum absolute atomic E-state index is 10.8. The minimum atomic E-state index is -0.858.